The first-order valence-corrected chi connectivity index (χ1v) is 8.56. The Bertz CT molecular complexity index is 741. The van der Waals surface area contributed by atoms with Gasteiger partial charge in [-0.3, -0.25) is 9.59 Å². The maximum Gasteiger partial charge on any atom is 0.253 e. The average Bonchev–Trinajstić information content (AvgIpc) is 2.91. The van der Waals surface area contributed by atoms with Gasteiger partial charge in [-0.25, -0.2) is 0 Å². The van der Waals surface area contributed by atoms with Crippen molar-refractivity contribution in [3.63, 3.8) is 0 Å². The van der Waals surface area contributed by atoms with E-state index in [-0.39, 0.29) is 11.8 Å². The molecular weight excluding hydrogens is 364 g/mol. The predicted octanol–water partition coefficient (Wildman–Crippen LogP) is 3.67. The number of amides is 2. The van der Waals surface area contributed by atoms with E-state index in [1.54, 1.807) is 29.4 Å². The van der Waals surface area contributed by atoms with Gasteiger partial charge in [-0.15, -0.1) is 11.3 Å². The van der Waals surface area contributed by atoms with Crippen LogP contribution in [0.25, 0.3) is 0 Å². The highest BCUT2D eigenvalue weighted by Crippen LogP contribution is 2.26. The fourth-order valence-corrected chi connectivity index (χ4v) is 4.02. The van der Waals surface area contributed by atoms with Crippen LogP contribution in [0.1, 0.15) is 27.2 Å². The maximum atomic E-state index is 12.5. The fraction of sp³-hybridized carbons (Fsp3) is 0.250. The van der Waals surface area contributed by atoms with Crippen molar-refractivity contribution in [2.75, 3.05) is 12.4 Å². The number of hydrogen-bond acceptors (Lipinski definition) is 3. The molecule has 0 spiro atoms. The molecule has 0 saturated heterocycles. The smallest absolute Gasteiger partial charge is 0.253 e. The van der Waals surface area contributed by atoms with Crippen LogP contribution in [0, 0.1) is 0 Å². The van der Waals surface area contributed by atoms with Gasteiger partial charge in [0.25, 0.3) is 5.91 Å². The predicted molar refractivity (Wildman–Crippen MR) is 91.2 cm³/mol. The van der Waals surface area contributed by atoms with Gasteiger partial charge in [0.05, 0.1) is 10.3 Å². The standard InChI is InChI=1S/C16H15BrN2O2S/c1-19(9-12-4-6-14(17)22-12)16(21)11-2-5-13-10(8-11)3-7-15(20)18-13/h2,4-6,8H,3,7,9H2,1H3,(H,18,20). The summed E-state index contributed by atoms with van der Waals surface area (Å²) >= 11 is 5.06. The van der Waals surface area contributed by atoms with E-state index in [0.717, 1.165) is 19.9 Å². The summed E-state index contributed by atoms with van der Waals surface area (Å²) < 4.78 is 1.06. The lowest BCUT2D eigenvalue weighted by Gasteiger charge is -2.20. The van der Waals surface area contributed by atoms with Gasteiger partial charge in [-0.2, -0.15) is 0 Å². The zero-order valence-corrected chi connectivity index (χ0v) is 14.5. The molecule has 6 heteroatoms. The van der Waals surface area contributed by atoms with E-state index in [9.17, 15) is 9.59 Å². The highest BCUT2D eigenvalue weighted by atomic mass is 79.9. The molecule has 1 N–H and O–H groups in total. The average molecular weight is 379 g/mol. The Kier molecular flexibility index (Phi) is 4.31. The third-order valence-corrected chi connectivity index (χ3v) is 5.22. The molecule has 4 nitrogen and oxygen atoms in total. The number of nitrogens with one attached hydrogen (secondary N) is 1. The van der Waals surface area contributed by atoms with Crippen LogP contribution in [0.4, 0.5) is 5.69 Å². The van der Waals surface area contributed by atoms with Crippen molar-refractivity contribution in [2.45, 2.75) is 19.4 Å². The number of nitrogens with zero attached hydrogens (tertiary/aromatic N) is 1. The minimum atomic E-state index is -0.00998. The Morgan fingerprint density at radius 2 is 2.14 bits per heavy atom. The summed E-state index contributed by atoms with van der Waals surface area (Å²) in [6.45, 7) is 0.586. The molecule has 1 aliphatic rings. The van der Waals surface area contributed by atoms with Crippen molar-refractivity contribution in [3.8, 4) is 0 Å². The largest absolute Gasteiger partial charge is 0.337 e. The van der Waals surface area contributed by atoms with Gasteiger partial charge in [0, 0.05) is 29.6 Å². The molecule has 0 saturated carbocycles. The number of rotatable bonds is 3. The number of carbonyl (C=O) groups is 2. The molecular formula is C16H15BrN2O2S. The lowest BCUT2D eigenvalue weighted by atomic mass is 10.00. The molecule has 0 unspecified atom stereocenters. The third-order valence-electron chi connectivity index (χ3n) is 3.62. The quantitative estimate of drug-likeness (QED) is 0.885. The molecule has 0 fully saturated rings. The molecule has 0 atom stereocenters. The van der Waals surface area contributed by atoms with Gasteiger partial charge in [0.1, 0.15) is 0 Å². The monoisotopic (exact) mass is 378 g/mol. The number of aryl methyl sites for hydroxylation is 1. The van der Waals surface area contributed by atoms with Crippen LogP contribution >= 0.6 is 27.3 Å². The SMILES string of the molecule is CN(Cc1ccc(Br)s1)C(=O)c1ccc2c(c1)CCC(=O)N2. The highest BCUT2D eigenvalue weighted by Gasteiger charge is 2.18. The lowest BCUT2D eigenvalue weighted by Crippen LogP contribution is -2.26. The molecule has 0 radical (unpaired) electrons. The fourth-order valence-electron chi connectivity index (χ4n) is 2.48. The van der Waals surface area contributed by atoms with Crippen LogP contribution in [0.2, 0.25) is 0 Å². The van der Waals surface area contributed by atoms with Crippen LogP contribution in [0.3, 0.4) is 0 Å². The normalized spacial score (nSPS) is 13.5. The number of carbonyl (C=O) groups excluding carboxylic acids is 2. The number of anilines is 1. The van der Waals surface area contributed by atoms with Crippen LogP contribution in [0.5, 0.6) is 0 Å². The van der Waals surface area contributed by atoms with Crippen molar-refractivity contribution in [2.24, 2.45) is 0 Å². The number of halogens is 1. The highest BCUT2D eigenvalue weighted by molar-refractivity contribution is 9.11. The summed E-state index contributed by atoms with van der Waals surface area (Å²) in [7, 11) is 1.80. The summed E-state index contributed by atoms with van der Waals surface area (Å²) in [4.78, 5) is 26.7. The topological polar surface area (TPSA) is 49.4 Å². The van der Waals surface area contributed by atoms with Crippen molar-refractivity contribution < 1.29 is 9.59 Å². The van der Waals surface area contributed by atoms with Crippen molar-refractivity contribution in [3.05, 3.63) is 50.1 Å². The number of hydrogen-bond donors (Lipinski definition) is 1. The summed E-state index contributed by atoms with van der Waals surface area (Å²) in [6.07, 6.45) is 1.16. The van der Waals surface area contributed by atoms with Crippen LogP contribution in [-0.4, -0.2) is 23.8 Å². The second-order valence-corrected chi connectivity index (χ2v) is 7.83. The van der Waals surface area contributed by atoms with Crippen LogP contribution < -0.4 is 5.32 Å². The van der Waals surface area contributed by atoms with Crippen LogP contribution in [-0.2, 0) is 17.8 Å². The van der Waals surface area contributed by atoms with E-state index < -0.39 is 0 Å². The van der Waals surface area contributed by atoms with Crippen LogP contribution in [0.15, 0.2) is 34.1 Å². The first-order chi connectivity index (χ1) is 10.5. The van der Waals surface area contributed by atoms with E-state index in [2.05, 4.69) is 21.2 Å². The lowest BCUT2D eigenvalue weighted by molar-refractivity contribution is -0.116. The molecule has 0 aliphatic carbocycles. The maximum absolute atomic E-state index is 12.5. The van der Waals surface area contributed by atoms with Gasteiger partial charge >= 0.3 is 0 Å². The molecule has 2 amide bonds. The van der Waals surface area contributed by atoms with Crippen molar-refractivity contribution in [1.82, 2.24) is 4.90 Å². The van der Waals surface area contributed by atoms with E-state index in [4.69, 9.17) is 0 Å². The summed E-state index contributed by atoms with van der Waals surface area (Å²) in [5, 5.41) is 2.83. The Morgan fingerprint density at radius 1 is 1.32 bits per heavy atom. The van der Waals surface area contributed by atoms with E-state index >= 15 is 0 Å². The Balaban J connectivity index is 1.75. The van der Waals surface area contributed by atoms with Gasteiger partial charge in [0.2, 0.25) is 5.91 Å². The summed E-state index contributed by atoms with van der Waals surface area (Å²) in [5.41, 5.74) is 2.50. The Hall–Kier alpha value is -1.66. The van der Waals surface area contributed by atoms with Gasteiger partial charge in [-0.05, 0) is 58.2 Å². The van der Waals surface area contributed by atoms with Crippen molar-refractivity contribution in [1.29, 1.82) is 0 Å². The zero-order chi connectivity index (χ0) is 15.7. The molecule has 2 aromatic rings. The Morgan fingerprint density at radius 3 is 2.86 bits per heavy atom. The molecule has 0 bridgehead atoms. The second-order valence-electron chi connectivity index (χ2n) is 5.29. The summed E-state index contributed by atoms with van der Waals surface area (Å²) in [5.74, 6) is 0.0242. The molecule has 1 aromatic carbocycles. The molecule has 1 aromatic heterocycles. The van der Waals surface area contributed by atoms with E-state index in [1.807, 2.05) is 24.3 Å². The first kappa shape index (κ1) is 15.2. The molecule has 2 heterocycles. The molecule has 1 aliphatic heterocycles. The molecule has 114 valence electrons. The number of benzene rings is 1. The molecule has 3 rings (SSSR count). The van der Waals surface area contributed by atoms with Crippen molar-refractivity contribution >= 4 is 44.8 Å². The molecule has 22 heavy (non-hydrogen) atoms. The first-order valence-electron chi connectivity index (χ1n) is 6.95. The number of fused-ring (bicyclic) bond motifs is 1. The summed E-state index contributed by atoms with van der Waals surface area (Å²) in [6, 6.07) is 9.47. The second kappa shape index (κ2) is 6.22. The zero-order valence-electron chi connectivity index (χ0n) is 12.1. The van der Waals surface area contributed by atoms with E-state index in [0.29, 0.717) is 24.9 Å². The van der Waals surface area contributed by atoms with Gasteiger partial charge in [-0.1, -0.05) is 0 Å². The minimum Gasteiger partial charge on any atom is -0.337 e. The minimum absolute atomic E-state index is 0.00998. The van der Waals surface area contributed by atoms with Gasteiger partial charge < -0.3 is 10.2 Å². The van der Waals surface area contributed by atoms with Gasteiger partial charge in [0.15, 0.2) is 0 Å². The van der Waals surface area contributed by atoms with E-state index in [1.165, 1.54) is 0 Å². The number of thiophene rings is 1. The Labute approximate surface area is 141 Å². The third kappa shape index (κ3) is 3.23.